The fourth-order valence-corrected chi connectivity index (χ4v) is 3.98. The molecule has 0 aromatic heterocycles. The van der Waals surface area contributed by atoms with Crippen LogP contribution in [-0.4, -0.2) is 55.7 Å². The van der Waals surface area contributed by atoms with Crippen LogP contribution in [0.1, 0.15) is 17.0 Å². The largest absolute Gasteiger partial charge is 0.506 e. The van der Waals surface area contributed by atoms with E-state index in [9.17, 15) is 5.11 Å². The molecule has 26 heavy (non-hydrogen) atoms. The lowest BCUT2D eigenvalue weighted by molar-refractivity contribution is 0.367. The normalized spacial score (nSPS) is 19.7. The molecule has 1 aliphatic heterocycles. The van der Waals surface area contributed by atoms with Crippen molar-refractivity contribution in [2.45, 2.75) is 12.3 Å². The third-order valence-corrected chi connectivity index (χ3v) is 5.48. The van der Waals surface area contributed by atoms with Gasteiger partial charge in [0.2, 0.25) is 0 Å². The highest BCUT2D eigenvalue weighted by molar-refractivity contribution is 5.80. The molecular weight excluding hydrogens is 324 g/mol. The predicted molar refractivity (Wildman–Crippen MR) is 106 cm³/mol. The maximum absolute atomic E-state index is 10.1. The summed E-state index contributed by atoms with van der Waals surface area (Å²) < 4.78 is 0. The van der Waals surface area contributed by atoms with Crippen LogP contribution >= 0.6 is 0 Å². The number of phenolic OH excluding ortho intramolecular Hbond substituents is 1. The number of aromatic hydroxyl groups is 1. The number of guanidine groups is 1. The first-order chi connectivity index (χ1) is 12.8. The monoisotopic (exact) mass is 350 g/mol. The van der Waals surface area contributed by atoms with E-state index in [1.54, 1.807) is 6.07 Å². The van der Waals surface area contributed by atoms with Crippen molar-refractivity contribution in [1.29, 1.82) is 0 Å². The highest BCUT2D eigenvalue weighted by Gasteiger charge is 2.26. The zero-order valence-corrected chi connectivity index (χ0v) is 15.2. The standard InChI is InChI=1S/C21H26N4O/c1-22-21(23-15-17-14-16-6-2-3-7-18(16)17)25-12-10-24(11-13-25)19-8-4-5-9-20(19)26/h2-9,17,26H,10-15H2,1H3,(H,22,23). The van der Waals surface area contributed by atoms with E-state index in [0.29, 0.717) is 11.7 Å². The first-order valence-electron chi connectivity index (χ1n) is 9.32. The summed E-state index contributed by atoms with van der Waals surface area (Å²) >= 11 is 0. The zero-order valence-electron chi connectivity index (χ0n) is 15.2. The molecule has 1 atom stereocenters. The van der Waals surface area contributed by atoms with Crippen LogP contribution in [0.15, 0.2) is 53.5 Å². The molecule has 0 saturated carbocycles. The van der Waals surface area contributed by atoms with Gasteiger partial charge in [0.15, 0.2) is 5.96 Å². The molecule has 1 saturated heterocycles. The Labute approximate surface area is 155 Å². The van der Waals surface area contributed by atoms with Gasteiger partial charge in [0.25, 0.3) is 0 Å². The third-order valence-electron chi connectivity index (χ3n) is 5.48. The number of fused-ring (bicyclic) bond motifs is 1. The lowest BCUT2D eigenvalue weighted by Crippen LogP contribution is -2.53. The smallest absolute Gasteiger partial charge is 0.193 e. The number of hydrogen-bond acceptors (Lipinski definition) is 3. The summed E-state index contributed by atoms with van der Waals surface area (Å²) in [6.07, 6.45) is 1.15. The minimum absolute atomic E-state index is 0.354. The lowest BCUT2D eigenvalue weighted by Gasteiger charge is -2.38. The number of anilines is 1. The van der Waals surface area contributed by atoms with E-state index in [1.165, 1.54) is 11.1 Å². The number of hydrogen-bond donors (Lipinski definition) is 2. The molecule has 2 aromatic carbocycles. The van der Waals surface area contributed by atoms with Crippen molar-refractivity contribution in [2.75, 3.05) is 44.7 Å². The van der Waals surface area contributed by atoms with Gasteiger partial charge in [-0.3, -0.25) is 4.99 Å². The summed E-state index contributed by atoms with van der Waals surface area (Å²) in [5.41, 5.74) is 3.87. The molecule has 0 amide bonds. The molecule has 1 aliphatic carbocycles. The van der Waals surface area contributed by atoms with Gasteiger partial charge in [-0.1, -0.05) is 36.4 Å². The van der Waals surface area contributed by atoms with Crippen LogP contribution in [0.2, 0.25) is 0 Å². The van der Waals surface area contributed by atoms with Gasteiger partial charge in [-0.25, -0.2) is 0 Å². The Morgan fingerprint density at radius 3 is 2.54 bits per heavy atom. The zero-order chi connectivity index (χ0) is 17.9. The van der Waals surface area contributed by atoms with Crippen LogP contribution in [0.25, 0.3) is 0 Å². The molecule has 136 valence electrons. The van der Waals surface area contributed by atoms with E-state index in [-0.39, 0.29) is 0 Å². The number of aliphatic imine (C=N–C) groups is 1. The van der Waals surface area contributed by atoms with Crippen molar-refractivity contribution >= 4 is 11.6 Å². The first kappa shape index (κ1) is 16.8. The van der Waals surface area contributed by atoms with Crippen LogP contribution in [0.4, 0.5) is 5.69 Å². The summed E-state index contributed by atoms with van der Waals surface area (Å²) in [4.78, 5) is 9.02. The molecular formula is C21H26N4O. The van der Waals surface area contributed by atoms with Crippen molar-refractivity contribution in [3.63, 3.8) is 0 Å². The number of phenols is 1. The van der Waals surface area contributed by atoms with Crippen molar-refractivity contribution < 1.29 is 5.11 Å². The predicted octanol–water partition coefficient (Wildman–Crippen LogP) is 2.43. The number of benzene rings is 2. The molecule has 0 radical (unpaired) electrons. The average molecular weight is 350 g/mol. The van der Waals surface area contributed by atoms with Crippen molar-refractivity contribution in [3.8, 4) is 5.75 Å². The molecule has 1 unspecified atom stereocenters. The molecule has 2 N–H and O–H groups in total. The molecule has 1 fully saturated rings. The molecule has 0 bridgehead atoms. The Hall–Kier alpha value is -2.69. The minimum atomic E-state index is 0.354. The van der Waals surface area contributed by atoms with Gasteiger partial charge in [-0.2, -0.15) is 0 Å². The maximum atomic E-state index is 10.1. The molecule has 0 spiro atoms. The third kappa shape index (κ3) is 3.21. The van der Waals surface area contributed by atoms with Gasteiger partial charge in [-0.05, 0) is 29.7 Å². The maximum Gasteiger partial charge on any atom is 0.193 e. The van der Waals surface area contributed by atoms with Gasteiger partial charge in [0, 0.05) is 45.7 Å². The molecule has 2 aromatic rings. The van der Waals surface area contributed by atoms with Crippen molar-refractivity contribution in [3.05, 3.63) is 59.7 Å². The van der Waals surface area contributed by atoms with E-state index >= 15 is 0 Å². The fourth-order valence-electron chi connectivity index (χ4n) is 3.98. The van der Waals surface area contributed by atoms with E-state index in [1.807, 2.05) is 25.2 Å². The van der Waals surface area contributed by atoms with Gasteiger partial charge >= 0.3 is 0 Å². The van der Waals surface area contributed by atoms with Gasteiger partial charge in [0.05, 0.1) is 5.69 Å². The summed E-state index contributed by atoms with van der Waals surface area (Å²) in [6.45, 7) is 4.49. The van der Waals surface area contributed by atoms with E-state index in [4.69, 9.17) is 0 Å². The Balaban J connectivity index is 1.31. The Morgan fingerprint density at radius 1 is 1.08 bits per heavy atom. The van der Waals surface area contributed by atoms with E-state index in [0.717, 1.165) is 50.8 Å². The van der Waals surface area contributed by atoms with Crippen LogP contribution in [0.5, 0.6) is 5.75 Å². The summed E-state index contributed by atoms with van der Waals surface area (Å²) in [5, 5.41) is 13.6. The fraction of sp³-hybridized carbons (Fsp3) is 0.381. The average Bonchev–Trinajstić information content (AvgIpc) is 2.66. The van der Waals surface area contributed by atoms with Crippen LogP contribution < -0.4 is 10.2 Å². The van der Waals surface area contributed by atoms with E-state index in [2.05, 4.69) is 44.4 Å². The van der Waals surface area contributed by atoms with Gasteiger partial charge in [-0.15, -0.1) is 0 Å². The number of nitrogens with one attached hydrogen (secondary N) is 1. The number of rotatable bonds is 3. The quantitative estimate of drug-likeness (QED) is 0.659. The van der Waals surface area contributed by atoms with Gasteiger partial charge in [0.1, 0.15) is 5.75 Å². The highest BCUT2D eigenvalue weighted by atomic mass is 16.3. The minimum Gasteiger partial charge on any atom is -0.506 e. The summed E-state index contributed by atoms with van der Waals surface area (Å²) in [6, 6.07) is 16.3. The Bertz CT molecular complexity index is 796. The second kappa shape index (κ2) is 7.28. The number of nitrogens with zero attached hydrogens (tertiary/aromatic N) is 3. The van der Waals surface area contributed by atoms with Crippen molar-refractivity contribution in [1.82, 2.24) is 10.2 Å². The first-order valence-corrected chi connectivity index (χ1v) is 9.32. The van der Waals surface area contributed by atoms with Crippen LogP contribution in [0.3, 0.4) is 0 Å². The molecule has 5 heteroatoms. The summed E-state index contributed by atoms with van der Waals surface area (Å²) in [7, 11) is 1.85. The van der Waals surface area contributed by atoms with E-state index < -0.39 is 0 Å². The van der Waals surface area contributed by atoms with Gasteiger partial charge < -0.3 is 20.2 Å². The molecule has 2 aliphatic rings. The van der Waals surface area contributed by atoms with Crippen LogP contribution in [0, 0.1) is 0 Å². The molecule has 1 heterocycles. The number of para-hydroxylation sites is 2. The second-order valence-electron chi connectivity index (χ2n) is 6.99. The topological polar surface area (TPSA) is 51.1 Å². The number of piperazine rings is 1. The van der Waals surface area contributed by atoms with Crippen LogP contribution in [-0.2, 0) is 6.42 Å². The Morgan fingerprint density at radius 2 is 1.81 bits per heavy atom. The Kier molecular flexibility index (Phi) is 4.69. The lowest BCUT2D eigenvalue weighted by atomic mass is 9.78. The SMILES string of the molecule is CN=C(NCC1Cc2ccccc21)N1CCN(c2ccccc2O)CC1. The molecule has 4 rings (SSSR count). The molecule has 5 nitrogen and oxygen atoms in total. The van der Waals surface area contributed by atoms with Crippen molar-refractivity contribution in [2.24, 2.45) is 4.99 Å². The second-order valence-corrected chi connectivity index (χ2v) is 6.99. The highest BCUT2D eigenvalue weighted by Crippen LogP contribution is 2.34. The summed E-state index contributed by atoms with van der Waals surface area (Å²) in [5.74, 6) is 1.92.